The minimum absolute atomic E-state index is 0.0551. The Hall–Kier alpha value is -1.65. The fraction of sp³-hybridized carbons (Fsp3) is 0.643. The lowest BCUT2D eigenvalue weighted by Gasteiger charge is -2.31. The van der Waals surface area contributed by atoms with Gasteiger partial charge < -0.3 is 9.84 Å². The first-order valence-electron chi connectivity index (χ1n) is 6.29. The third-order valence-electron chi connectivity index (χ3n) is 3.20. The molecule has 0 heterocycles. The number of carbonyl (C=O) groups excluding carboxylic acids is 2. The smallest absolute Gasteiger partial charge is 0.305 e. The molecule has 1 aliphatic rings. The van der Waals surface area contributed by atoms with Crippen LogP contribution in [0.1, 0.15) is 39.5 Å². The highest BCUT2D eigenvalue weighted by Crippen LogP contribution is 2.35. The fourth-order valence-electron chi connectivity index (χ4n) is 2.25. The van der Waals surface area contributed by atoms with Gasteiger partial charge in [0, 0.05) is 25.6 Å². The number of methoxy groups -OCH3 is 1. The zero-order valence-electron chi connectivity index (χ0n) is 11.9. The van der Waals surface area contributed by atoms with E-state index in [-0.39, 0.29) is 35.4 Å². The molecule has 0 aromatic heterocycles. The van der Waals surface area contributed by atoms with Gasteiger partial charge in [-0.25, -0.2) is 0 Å². The van der Waals surface area contributed by atoms with Gasteiger partial charge in [-0.2, -0.15) is 0 Å². The minimum Gasteiger partial charge on any atom is -0.511 e. The van der Waals surface area contributed by atoms with Crippen LogP contribution in [-0.2, 0) is 14.3 Å². The van der Waals surface area contributed by atoms with Gasteiger partial charge in [-0.15, -0.1) is 0 Å². The average molecular weight is 267 g/mol. The zero-order chi connectivity index (χ0) is 14.6. The number of hydrogen-bond acceptors (Lipinski definition) is 5. The van der Waals surface area contributed by atoms with Gasteiger partial charge in [-0.3, -0.25) is 14.6 Å². The first-order chi connectivity index (χ1) is 8.80. The van der Waals surface area contributed by atoms with Gasteiger partial charge >= 0.3 is 5.97 Å². The van der Waals surface area contributed by atoms with Gasteiger partial charge in [0.05, 0.1) is 19.1 Å². The van der Waals surface area contributed by atoms with Crippen LogP contribution < -0.4 is 0 Å². The lowest BCUT2D eigenvalue weighted by atomic mass is 9.73. The molecule has 1 N–H and O–H groups in total. The normalized spacial score (nSPS) is 23.4. The topological polar surface area (TPSA) is 76.0 Å². The van der Waals surface area contributed by atoms with E-state index in [2.05, 4.69) is 9.73 Å². The largest absolute Gasteiger partial charge is 0.511 e. The second kappa shape index (κ2) is 5.99. The molecule has 0 unspecified atom stereocenters. The fourth-order valence-corrected chi connectivity index (χ4v) is 2.25. The van der Waals surface area contributed by atoms with Crippen molar-refractivity contribution in [3.05, 3.63) is 11.3 Å². The Morgan fingerprint density at radius 3 is 2.53 bits per heavy atom. The molecule has 19 heavy (non-hydrogen) atoms. The summed E-state index contributed by atoms with van der Waals surface area (Å²) in [7, 11) is 2.90. The Kier molecular flexibility index (Phi) is 4.86. The van der Waals surface area contributed by atoms with Crippen molar-refractivity contribution in [1.82, 2.24) is 0 Å². The van der Waals surface area contributed by atoms with Crippen molar-refractivity contribution in [3.63, 3.8) is 0 Å². The van der Waals surface area contributed by atoms with Crippen molar-refractivity contribution in [2.45, 2.75) is 39.5 Å². The third kappa shape index (κ3) is 3.91. The van der Waals surface area contributed by atoms with E-state index >= 15 is 0 Å². The van der Waals surface area contributed by atoms with Crippen LogP contribution in [0.2, 0.25) is 0 Å². The highest BCUT2D eigenvalue weighted by Gasteiger charge is 2.35. The number of ketones is 1. The molecule has 1 fully saturated rings. The van der Waals surface area contributed by atoms with Crippen LogP contribution in [0.5, 0.6) is 0 Å². The molecule has 5 heteroatoms. The van der Waals surface area contributed by atoms with E-state index < -0.39 is 5.97 Å². The maximum Gasteiger partial charge on any atom is 0.305 e. The highest BCUT2D eigenvalue weighted by atomic mass is 16.5. The summed E-state index contributed by atoms with van der Waals surface area (Å²) < 4.78 is 4.51. The number of aliphatic hydroxyl groups is 1. The van der Waals surface area contributed by atoms with Crippen molar-refractivity contribution < 1.29 is 19.4 Å². The predicted molar refractivity (Wildman–Crippen MR) is 72.3 cm³/mol. The Labute approximate surface area is 113 Å². The van der Waals surface area contributed by atoms with Gasteiger partial charge in [0.15, 0.2) is 5.78 Å². The molecule has 1 saturated carbocycles. The number of nitrogens with zero attached hydrogens (tertiary/aromatic N) is 1. The molecule has 0 spiro atoms. The van der Waals surface area contributed by atoms with E-state index in [0.717, 1.165) is 0 Å². The number of rotatable bonds is 3. The quantitative estimate of drug-likeness (QED) is 0.483. The van der Waals surface area contributed by atoms with Crippen LogP contribution in [0.3, 0.4) is 0 Å². The molecule has 1 aliphatic carbocycles. The molecule has 0 aliphatic heterocycles. The minimum atomic E-state index is -0.411. The number of ether oxygens (including phenoxy) is 1. The summed E-state index contributed by atoms with van der Waals surface area (Å²) in [5.41, 5.74) is 0.757. The van der Waals surface area contributed by atoms with Crippen molar-refractivity contribution in [2.75, 3.05) is 14.2 Å². The zero-order valence-corrected chi connectivity index (χ0v) is 11.9. The van der Waals surface area contributed by atoms with E-state index in [9.17, 15) is 14.7 Å². The van der Waals surface area contributed by atoms with E-state index in [0.29, 0.717) is 18.6 Å². The van der Waals surface area contributed by atoms with Crippen molar-refractivity contribution in [3.8, 4) is 0 Å². The summed E-state index contributed by atoms with van der Waals surface area (Å²) in [6.45, 7) is 4.00. The molecule has 0 aromatic carbocycles. The molecule has 0 saturated heterocycles. The standard InChI is InChI=1S/C14H21NO4/c1-14(2)7-9(15-3)13(11(17)8-14)10(16)5-6-12(18)19-4/h16H,5-8H2,1-4H3. The lowest BCUT2D eigenvalue weighted by molar-refractivity contribution is -0.140. The predicted octanol–water partition coefficient (Wildman–Crippen LogP) is 2.21. The molecule has 106 valence electrons. The number of aliphatic imine (C=N–C) groups is 1. The molecular formula is C14H21NO4. The Morgan fingerprint density at radius 2 is 2.00 bits per heavy atom. The van der Waals surface area contributed by atoms with Crippen molar-refractivity contribution >= 4 is 17.5 Å². The van der Waals surface area contributed by atoms with Gasteiger partial charge in [0.1, 0.15) is 5.76 Å². The molecule has 0 atom stereocenters. The monoisotopic (exact) mass is 267 g/mol. The van der Waals surface area contributed by atoms with Crippen LogP contribution in [0.4, 0.5) is 0 Å². The average Bonchev–Trinajstić information content (AvgIpc) is 2.33. The Morgan fingerprint density at radius 1 is 1.37 bits per heavy atom. The molecule has 5 nitrogen and oxygen atoms in total. The SMILES string of the molecule is CN=C1CC(C)(C)CC(=O)C1=C(O)CCC(=O)OC. The van der Waals surface area contributed by atoms with Crippen LogP contribution in [-0.4, -0.2) is 36.7 Å². The highest BCUT2D eigenvalue weighted by molar-refractivity contribution is 6.24. The summed E-state index contributed by atoms with van der Waals surface area (Å²) in [5.74, 6) is -0.587. The van der Waals surface area contributed by atoms with E-state index in [1.807, 2.05) is 13.8 Å². The van der Waals surface area contributed by atoms with Crippen LogP contribution >= 0.6 is 0 Å². The van der Waals surface area contributed by atoms with Gasteiger partial charge in [0.25, 0.3) is 0 Å². The number of esters is 1. The summed E-state index contributed by atoms with van der Waals surface area (Å²) >= 11 is 0. The number of allylic oxidation sites excluding steroid dienone is 2. The summed E-state index contributed by atoms with van der Waals surface area (Å²) in [5, 5.41) is 10.0. The van der Waals surface area contributed by atoms with E-state index in [1.54, 1.807) is 7.05 Å². The molecule has 1 rings (SSSR count). The summed E-state index contributed by atoms with van der Waals surface area (Å²) in [6, 6.07) is 0. The van der Waals surface area contributed by atoms with Crippen LogP contribution in [0, 0.1) is 5.41 Å². The lowest BCUT2D eigenvalue weighted by Crippen LogP contribution is -2.32. The van der Waals surface area contributed by atoms with Crippen molar-refractivity contribution in [2.24, 2.45) is 10.4 Å². The van der Waals surface area contributed by atoms with Crippen LogP contribution in [0.25, 0.3) is 0 Å². The van der Waals surface area contributed by atoms with E-state index in [4.69, 9.17) is 0 Å². The first-order valence-corrected chi connectivity index (χ1v) is 6.29. The summed E-state index contributed by atoms with van der Waals surface area (Å²) in [6.07, 6.45) is 1.18. The first kappa shape index (κ1) is 15.4. The summed E-state index contributed by atoms with van der Waals surface area (Å²) in [4.78, 5) is 27.3. The van der Waals surface area contributed by atoms with E-state index in [1.165, 1.54) is 7.11 Å². The molecule has 0 aromatic rings. The maximum atomic E-state index is 12.1. The van der Waals surface area contributed by atoms with Crippen LogP contribution in [0.15, 0.2) is 16.3 Å². The van der Waals surface area contributed by atoms with Gasteiger partial charge in [0.2, 0.25) is 0 Å². The third-order valence-corrected chi connectivity index (χ3v) is 3.20. The molecule has 0 bridgehead atoms. The second-order valence-corrected chi connectivity index (χ2v) is 5.51. The number of hydrogen-bond donors (Lipinski definition) is 1. The molecule has 0 amide bonds. The molecule has 0 radical (unpaired) electrons. The number of aliphatic hydroxyl groups excluding tert-OH is 1. The Bertz CT molecular complexity index is 446. The van der Waals surface area contributed by atoms with Gasteiger partial charge in [-0.1, -0.05) is 13.8 Å². The maximum absolute atomic E-state index is 12.1. The van der Waals surface area contributed by atoms with Gasteiger partial charge in [-0.05, 0) is 11.8 Å². The second-order valence-electron chi connectivity index (χ2n) is 5.51. The van der Waals surface area contributed by atoms with Crippen molar-refractivity contribution in [1.29, 1.82) is 0 Å². The molecular weight excluding hydrogens is 246 g/mol. The number of Topliss-reactive ketones (excluding diaryl/α,β-unsaturated/α-hetero) is 1. The number of carbonyl (C=O) groups is 2. The Balaban J connectivity index is 2.96.